The third-order valence-corrected chi connectivity index (χ3v) is 5.14. The Morgan fingerprint density at radius 2 is 1.72 bits per heavy atom. The maximum atomic E-state index is 12.9. The van der Waals surface area contributed by atoms with Gasteiger partial charge < -0.3 is 14.5 Å². The molecule has 3 amide bonds. The Morgan fingerprint density at radius 1 is 1.10 bits per heavy atom. The number of carbonyl (C=O) groups excluding carboxylic acids is 3. The van der Waals surface area contributed by atoms with Gasteiger partial charge in [0.1, 0.15) is 6.04 Å². The molecule has 0 saturated carbocycles. The second-order valence-corrected chi connectivity index (χ2v) is 6.99. The van der Waals surface area contributed by atoms with E-state index in [9.17, 15) is 27.6 Å². The number of methoxy groups -OCH3 is 1. The fourth-order valence-corrected chi connectivity index (χ4v) is 3.63. The van der Waals surface area contributed by atoms with Crippen molar-refractivity contribution in [2.75, 3.05) is 44.8 Å². The number of ether oxygens (including phenoxy) is 1. The number of imide groups is 1. The summed E-state index contributed by atoms with van der Waals surface area (Å²) in [6.45, 7) is 1.13. The molecule has 0 aliphatic carbocycles. The molecule has 0 bridgehead atoms. The standard InChI is InChI=1S/C19H22F3N3O4/c1-29-12-15(25-16(26)5-6-17(25)27)18(28)24-9-7-23(8-10-24)14-4-2-3-13(11-14)19(20,21)22/h2-4,11,15H,5-10,12H2,1H3. The zero-order valence-corrected chi connectivity index (χ0v) is 15.9. The van der Waals surface area contributed by atoms with Crippen molar-refractivity contribution in [3.8, 4) is 0 Å². The number of piperazine rings is 1. The zero-order chi connectivity index (χ0) is 21.2. The number of alkyl halides is 3. The molecular weight excluding hydrogens is 391 g/mol. The SMILES string of the molecule is COCC(C(=O)N1CCN(c2cccc(C(F)(F)F)c2)CC1)N1C(=O)CCC1=O. The second-order valence-electron chi connectivity index (χ2n) is 6.99. The molecular formula is C19H22F3N3O4. The Kier molecular flexibility index (Phi) is 6.11. The Labute approximate surface area is 166 Å². The molecule has 2 heterocycles. The molecule has 1 aromatic carbocycles. The van der Waals surface area contributed by atoms with E-state index in [1.54, 1.807) is 11.0 Å². The molecule has 2 fully saturated rings. The fraction of sp³-hybridized carbons (Fsp3) is 0.526. The smallest absolute Gasteiger partial charge is 0.382 e. The first-order valence-electron chi connectivity index (χ1n) is 9.27. The summed E-state index contributed by atoms with van der Waals surface area (Å²) < 4.78 is 43.8. The molecule has 10 heteroatoms. The number of carbonyl (C=O) groups is 3. The van der Waals surface area contributed by atoms with Gasteiger partial charge in [0.25, 0.3) is 0 Å². The van der Waals surface area contributed by atoms with Gasteiger partial charge in [0, 0.05) is 51.8 Å². The minimum atomic E-state index is -4.42. The van der Waals surface area contributed by atoms with Gasteiger partial charge in [0.05, 0.1) is 12.2 Å². The number of amides is 3. The Morgan fingerprint density at radius 3 is 2.28 bits per heavy atom. The van der Waals surface area contributed by atoms with E-state index in [0.29, 0.717) is 18.8 Å². The van der Waals surface area contributed by atoms with Crippen molar-refractivity contribution < 1.29 is 32.3 Å². The maximum Gasteiger partial charge on any atom is 0.416 e. The van der Waals surface area contributed by atoms with Crippen molar-refractivity contribution in [2.24, 2.45) is 0 Å². The average molecular weight is 413 g/mol. The van der Waals surface area contributed by atoms with Gasteiger partial charge in [0.15, 0.2) is 0 Å². The summed E-state index contributed by atoms with van der Waals surface area (Å²) in [5.74, 6) is -1.18. The predicted octanol–water partition coefficient (Wildman–Crippen LogP) is 1.52. The van der Waals surface area contributed by atoms with E-state index in [1.807, 2.05) is 0 Å². The molecule has 29 heavy (non-hydrogen) atoms. The number of likely N-dealkylation sites (tertiary alicyclic amines) is 1. The highest BCUT2D eigenvalue weighted by atomic mass is 19.4. The molecule has 2 saturated heterocycles. The van der Waals surface area contributed by atoms with Crippen LogP contribution in [-0.4, -0.2) is 73.5 Å². The van der Waals surface area contributed by atoms with Crippen LogP contribution in [0.4, 0.5) is 18.9 Å². The zero-order valence-electron chi connectivity index (χ0n) is 15.9. The fourth-order valence-electron chi connectivity index (χ4n) is 3.63. The molecule has 0 radical (unpaired) electrons. The van der Waals surface area contributed by atoms with Gasteiger partial charge in [-0.1, -0.05) is 6.07 Å². The molecule has 1 atom stereocenters. The first kappa shape index (κ1) is 21.1. The first-order valence-corrected chi connectivity index (χ1v) is 9.27. The molecule has 1 aromatic rings. The molecule has 3 rings (SSSR count). The number of anilines is 1. The van der Waals surface area contributed by atoms with Gasteiger partial charge in [-0.25, -0.2) is 0 Å². The summed E-state index contributed by atoms with van der Waals surface area (Å²) in [4.78, 5) is 41.2. The number of benzene rings is 1. The van der Waals surface area contributed by atoms with E-state index >= 15 is 0 Å². The number of halogens is 3. The van der Waals surface area contributed by atoms with Crippen LogP contribution in [0, 0.1) is 0 Å². The van der Waals surface area contributed by atoms with E-state index in [4.69, 9.17) is 4.74 Å². The van der Waals surface area contributed by atoms with Gasteiger partial charge in [-0.2, -0.15) is 13.2 Å². The first-order chi connectivity index (χ1) is 13.7. The Hall–Kier alpha value is -2.62. The van der Waals surface area contributed by atoms with E-state index in [0.717, 1.165) is 17.0 Å². The maximum absolute atomic E-state index is 12.9. The number of hydrogen-bond acceptors (Lipinski definition) is 5. The average Bonchev–Trinajstić information content (AvgIpc) is 3.03. The lowest BCUT2D eigenvalue weighted by Gasteiger charge is -2.38. The summed E-state index contributed by atoms with van der Waals surface area (Å²) >= 11 is 0. The van der Waals surface area contributed by atoms with Gasteiger partial charge in [-0.15, -0.1) is 0 Å². The molecule has 1 unspecified atom stereocenters. The van der Waals surface area contributed by atoms with Gasteiger partial charge in [-0.3, -0.25) is 19.3 Å². The van der Waals surface area contributed by atoms with Crippen LogP contribution >= 0.6 is 0 Å². The van der Waals surface area contributed by atoms with E-state index in [2.05, 4.69) is 0 Å². The molecule has 0 aromatic heterocycles. The highest BCUT2D eigenvalue weighted by Gasteiger charge is 2.41. The normalized spacial score (nSPS) is 19.1. The molecule has 7 nitrogen and oxygen atoms in total. The van der Waals surface area contributed by atoms with Crippen LogP contribution in [0.15, 0.2) is 24.3 Å². The van der Waals surface area contributed by atoms with Crippen LogP contribution in [0.5, 0.6) is 0 Å². The lowest BCUT2D eigenvalue weighted by molar-refractivity contribution is -0.152. The summed E-state index contributed by atoms with van der Waals surface area (Å²) in [7, 11) is 1.39. The Bertz CT molecular complexity index is 775. The lowest BCUT2D eigenvalue weighted by Crippen LogP contribution is -2.57. The van der Waals surface area contributed by atoms with E-state index < -0.39 is 29.6 Å². The minimum absolute atomic E-state index is 0.0790. The minimum Gasteiger partial charge on any atom is -0.382 e. The number of hydrogen-bond donors (Lipinski definition) is 0. The van der Waals surface area contributed by atoms with Crippen molar-refractivity contribution in [1.82, 2.24) is 9.80 Å². The molecule has 0 N–H and O–H groups in total. The second kappa shape index (κ2) is 8.40. The van der Waals surface area contributed by atoms with Gasteiger partial charge >= 0.3 is 6.18 Å². The molecule has 2 aliphatic heterocycles. The quantitative estimate of drug-likeness (QED) is 0.685. The highest BCUT2D eigenvalue weighted by molar-refractivity contribution is 6.05. The van der Waals surface area contributed by atoms with Crippen LogP contribution in [-0.2, 0) is 25.3 Å². The molecule has 158 valence electrons. The summed E-state index contributed by atoms with van der Waals surface area (Å²) in [6, 6.07) is 4.05. The Balaban J connectivity index is 1.67. The van der Waals surface area contributed by atoms with Gasteiger partial charge in [0.2, 0.25) is 17.7 Å². The van der Waals surface area contributed by atoms with Gasteiger partial charge in [-0.05, 0) is 18.2 Å². The van der Waals surface area contributed by atoms with Crippen LogP contribution in [0.2, 0.25) is 0 Å². The third-order valence-electron chi connectivity index (χ3n) is 5.14. The summed E-state index contributed by atoms with van der Waals surface area (Å²) in [5, 5.41) is 0. The van der Waals surface area contributed by atoms with Crippen molar-refractivity contribution in [3.05, 3.63) is 29.8 Å². The number of rotatable bonds is 5. The largest absolute Gasteiger partial charge is 0.416 e. The van der Waals surface area contributed by atoms with E-state index in [1.165, 1.54) is 18.1 Å². The lowest BCUT2D eigenvalue weighted by atomic mass is 10.1. The molecule has 0 spiro atoms. The topological polar surface area (TPSA) is 70.2 Å². The predicted molar refractivity (Wildman–Crippen MR) is 97.0 cm³/mol. The van der Waals surface area contributed by atoms with Crippen LogP contribution in [0.3, 0.4) is 0 Å². The van der Waals surface area contributed by atoms with Crippen LogP contribution < -0.4 is 4.90 Å². The number of nitrogens with zero attached hydrogens (tertiary/aromatic N) is 3. The van der Waals surface area contributed by atoms with E-state index in [-0.39, 0.29) is 38.4 Å². The van der Waals surface area contributed by atoms with Crippen molar-refractivity contribution >= 4 is 23.4 Å². The van der Waals surface area contributed by atoms with Crippen LogP contribution in [0.25, 0.3) is 0 Å². The van der Waals surface area contributed by atoms with Crippen molar-refractivity contribution in [1.29, 1.82) is 0 Å². The van der Waals surface area contributed by atoms with Crippen LogP contribution in [0.1, 0.15) is 18.4 Å². The summed E-state index contributed by atoms with van der Waals surface area (Å²) in [6.07, 6.45) is -4.26. The monoisotopic (exact) mass is 413 g/mol. The molecule has 2 aliphatic rings. The summed E-state index contributed by atoms with van der Waals surface area (Å²) in [5.41, 5.74) is -0.287. The van der Waals surface area contributed by atoms with Crippen molar-refractivity contribution in [3.63, 3.8) is 0 Å². The highest BCUT2D eigenvalue weighted by Crippen LogP contribution is 2.32. The third kappa shape index (κ3) is 4.52. The van der Waals surface area contributed by atoms with Crippen molar-refractivity contribution in [2.45, 2.75) is 25.1 Å².